The largest absolute Gasteiger partial charge is 0.338 e. The lowest BCUT2D eigenvalue weighted by atomic mass is 10.1. The van der Waals surface area contributed by atoms with Crippen molar-refractivity contribution >= 4 is 16.7 Å². The summed E-state index contributed by atoms with van der Waals surface area (Å²) in [4.78, 5) is 20.3. The second-order valence-electron chi connectivity index (χ2n) is 4.91. The molecule has 0 bridgehead atoms. The number of rotatable bonds is 4. The first-order chi connectivity index (χ1) is 10.2. The van der Waals surface area contributed by atoms with Crippen LogP contribution in [0.25, 0.3) is 22.3 Å². The predicted octanol–water partition coefficient (Wildman–Crippen LogP) is 3.37. The Morgan fingerprint density at radius 1 is 1.33 bits per heavy atom. The van der Waals surface area contributed by atoms with Gasteiger partial charge < -0.3 is 4.52 Å². The molecule has 2 aromatic heterocycles. The molecule has 0 radical (unpaired) electrons. The van der Waals surface area contributed by atoms with Crippen LogP contribution in [0.4, 0.5) is 0 Å². The molecule has 1 atom stereocenters. The minimum atomic E-state index is -0.363. The van der Waals surface area contributed by atoms with Crippen LogP contribution in [0.3, 0.4) is 0 Å². The smallest absolute Gasteiger partial charge is 0.237 e. The molecule has 5 nitrogen and oxygen atoms in total. The minimum absolute atomic E-state index is 0.0907. The first kappa shape index (κ1) is 13.4. The van der Waals surface area contributed by atoms with E-state index in [0.29, 0.717) is 18.1 Å². The highest BCUT2D eigenvalue weighted by Crippen LogP contribution is 2.23. The molecule has 3 rings (SSSR count). The van der Waals surface area contributed by atoms with Crippen molar-refractivity contribution in [2.75, 3.05) is 0 Å². The van der Waals surface area contributed by atoms with Crippen LogP contribution >= 0.6 is 0 Å². The number of Topliss-reactive ketones (excluding diaryl/α,β-unsaturated/α-hetero) is 1. The maximum absolute atomic E-state index is 11.7. The quantitative estimate of drug-likeness (QED) is 0.733. The number of aromatic nitrogens is 3. The van der Waals surface area contributed by atoms with Crippen LogP contribution in [-0.4, -0.2) is 20.9 Å². The van der Waals surface area contributed by atoms with Gasteiger partial charge in [-0.3, -0.25) is 9.78 Å². The first-order valence-electron chi connectivity index (χ1n) is 6.90. The fourth-order valence-electron chi connectivity index (χ4n) is 2.19. The SMILES string of the molecule is CCC(=O)C(C)c1nc(-c2ccc3ncccc3c2)no1. The molecule has 2 heterocycles. The van der Waals surface area contributed by atoms with E-state index in [-0.39, 0.29) is 11.7 Å². The van der Waals surface area contributed by atoms with Crippen LogP contribution in [0, 0.1) is 0 Å². The van der Waals surface area contributed by atoms with E-state index in [1.54, 1.807) is 13.1 Å². The number of ketones is 1. The van der Waals surface area contributed by atoms with Gasteiger partial charge in [0.2, 0.25) is 11.7 Å². The zero-order valence-corrected chi connectivity index (χ0v) is 11.9. The van der Waals surface area contributed by atoms with Gasteiger partial charge in [0.15, 0.2) is 0 Å². The van der Waals surface area contributed by atoms with Crippen molar-refractivity contribution in [3.05, 3.63) is 42.4 Å². The zero-order valence-electron chi connectivity index (χ0n) is 11.9. The summed E-state index contributed by atoms with van der Waals surface area (Å²) in [5.41, 5.74) is 1.76. The maximum atomic E-state index is 11.7. The lowest BCUT2D eigenvalue weighted by Crippen LogP contribution is -2.07. The van der Waals surface area contributed by atoms with E-state index >= 15 is 0 Å². The van der Waals surface area contributed by atoms with E-state index in [1.165, 1.54) is 0 Å². The van der Waals surface area contributed by atoms with Gasteiger partial charge in [0.05, 0.1) is 11.4 Å². The Labute approximate surface area is 122 Å². The van der Waals surface area contributed by atoms with E-state index in [0.717, 1.165) is 16.5 Å². The Morgan fingerprint density at radius 3 is 3.00 bits per heavy atom. The van der Waals surface area contributed by atoms with Gasteiger partial charge in [-0.1, -0.05) is 18.1 Å². The molecule has 106 valence electrons. The Morgan fingerprint density at radius 2 is 2.19 bits per heavy atom. The van der Waals surface area contributed by atoms with E-state index in [4.69, 9.17) is 4.52 Å². The fraction of sp³-hybridized carbons (Fsp3) is 0.250. The number of hydrogen-bond acceptors (Lipinski definition) is 5. The first-order valence-corrected chi connectivity index (χ1v) is 6.90. The monoisotopic (exact) mass is 281 g/mol. The molecule has 5 heteroatoms. The van der Waals surface area contributed by atoms with E-state index in [9.17, 15) is 4.79 Å². The topological polar surface area (TPSA) is 68.9 Å². The van der Waals surface area contributed by atoms with E-state index < -0.39 is 0 Å². The molecule has 0 aliphatic rings. The highest BCUT2D eigenvalue weighted by molar-refractivity contribution is 5.84. The highest BCUT2D eigenvalue weighted by atomic mass is 16.5. The van der Waals surface area contributed by atoms with E-state index in [1.807, 2.05) is 37.3 Å². The summed E-state index contributed by atoms with van der Waals surface area (Å²) in [6, 6.07) is 9.65. The summed E-state index contributed by atoms with van der Waals surface area (Å²) < 4.78 is 5.22. The molecule has 0 aliphatic heterocycles. The Bertz CT molecular complexity index is 795. The zero-order chi connectivity index (χ0) is 14.8. The predicted molar refractivity (Wildman–Crippen MR) is 78.7 cm³/mol. The number of carbonyl (C=O) groups excluding carboxylic acids is 1. The highest BCUT2D eigenvalue weighted by Gasteiger charge is 2.20. The second-order valence-corrected chi connectivity index (χ2v) is 4.91. The van der Waals surface area contributed by atoms with Gasteiger partial charge in [0.25, 0.3) is 0 Å². The third-order valence-corrected chi connectivity index (χ3v) is 3.50. The molecule has 1 unspecified atom stereocenters. The summed E-state index contributed by atoms with van der Waals surface area (Å²) >= 11 is 0. The van der Waals surface area contributed by atoms with Crippen LogP contribution in [0.5, 0.6) is 0 Å². The number of hydrogen-bond donors (Lipinski definition) is 0. The number of pyridine rings is 1. The van der Waals surface area contributed by atoms with Gasteiger partial charge in [0, 0.05) is 23.6 Å². The third-order valence-electron chi connectivity index (χ3n) is 3.50. The third kappa shape index (κ3) is 2.54. The molecule has 0 spiro atoms. The summed E-state index contributed by atoms with van der Waals surface area (Å²) in [6.45, 7) is 3.61. The van der Waals surface area contributed by atoms with Gasteiger partial charge in [0.1, 0.15) is 5.78 Å². The summed E-state index contributed by atoms with van der Waals surface area (Å²) in [5, 5.41) is 4.99. The lowest BCUT2D eigenvalue weighted by Gasteiger charge is -2.01. The number of benzene rings is 1. The molecule has 21 heavy (non-hydrogen) atoms. The van der Waals surface area contributed by atoms with Crippen LogP contribution in [0.1, 0.15) is 32.1 Å². The number of nitrogens with zero attached hydrogens (tertiary/aromatic N) is 3. The van der Waals surface area contributed by atoms with Crippen molar-refractivity contribution in [1.29, 1.82) is 0 Å². The van der Waals surface area contributed by atoms with E-state index in [2.05, 4.69) is 15.1 Å². The van der Waals surface area contributed by atoms with Crippen molar-refractivity contribution in [2.45, 2.75) is 26.2 Å². The summed E-state index contributed by atoms with van der Waals surface area (Å²) in [6.07, 6.45) is 2.22. The minimum Gasteiger partial charge on any atom is -0.338 e. The van der Waals surface area contributed by atoms with Gasteiger partial charge in [-0.2, -0.15) is 4.98 Å². The lowest BCUT2D eigenvalue weighted by molar-refractivity contribution is -0.120. The number of carbonyl (C=O) groups is 1. The van der Waals surface area contributed by atoms with Gasteiger partial charge in [-0.15, -0.1) is 0 Å². The van der Waals surface area contributed by atoms with Gasteiger partial charge in [-0.25, -0.2) is 0 Å². The standard InChI is InChI=1S/C16H15N3O2/c1-3-14(20)10(2)16-18-15(19-21-16)12-6-7-13-11(9-12)5-4-8-17-13/h4-10H,3H2,1-2H3. The van der Waals surface area contributed by atoms with Gasteiger partial charge in [-0.05, 0) is 31.2 Å². The number of fused-ring (bicyclic) bond motifs is 1. The summed E-state index contributed by atoms with van der Waals surface area (Å²) in [7, 11) is 0. The normalized spacial score (nSPS) is 12.5. The molecule has 0 saturated carbocycles. The van der Waals surface area contributed by atoms with Crippen molar-refractivity contribution in [2.24, 2.45) is 0 Å². The molecule has 0 aliphatic carbocycles. The molecule has 3 aromatic rings. The Hall–Kier alpha value is -2.56. The Balaban J connectivity index is 1.96. The average Bonchev–Trinajstić information content (AvgIpc) is 3.02. The maximum Gasteiger partial charge on any atom is 0.237 e. The Kier molecular flexibility index (Phi) is 3.48. The van der Waals surface area contributed by atoms with Crippen LogP contribution < -0.4 is 0 Å². The van der Waals surface area contributed by atoms with Crippen LogP contribution in [0.2, 0.25) is 0 Å². The van der Waals surface area contributed by atoms with Crippen molar-refractivity contribution in [3.63, 3.8) is 0 Å². The molecular weight excluding hydrogens is 266 g/mol. The molecule has 0 amide bonds. The van der Waals surface area contributed by atoms with Crippen molar-refractivity contribution in [1.82, 2.24) is 15.1 Å². The molecule has 0 fully saturated rings. The van der Waals surface area contributed by atoms with Crippen LogP contribution in [-0.2, 0) is 4.79 Å². The van der Waals surface area contributed by atoms with Crippen molar-refractivity contribution in [3.8, 4) is 11.4 Å². The second kappa shape index (κ2) is 5.44. The van der Waals surface area contributed by atoms with Crippen molar-refractivity contribution < 1.29 is 9.32 Å². The molecule has 0 N–H and O–H groups in total. The van der Waals surface area contributed by atoms with Gasteiger partial charge >= 0.3 is 0 Å². The average molecular weight is 281 g/mol. The van der Waals surface area contributed by atoms with Crippen LogP contribution in [0.15, 0.2) is 41.1 Å². The molecular formula is C16H15N3O2. The molecule has 1 aromatic carbocycles. The fourth-order valence-corrected chi connectivity index (χ4v) is 2.19. The summed E-state index contributed by atoms with van der Waals surface area (Å²) in [5.74, 6) is 0.584. The molecule has 0 saturated heterocycles.